The number of aromatic carboxylic acids is 1. The van der Waals surface area contributed by atoms with Crippen LogP contribution in [0.4, 0.5) is 0 Å². The minimum Gasteiger partial charge on any atom is -0.477 e. The topological polar surface area (TPSA) is 70.5 Å². The van der Waals surface area contributed by atoms with Gasteiger partial charge in [-0.05, 0) is 18.6 Å². The summed E-state index contributed by atoms with van der Waals surface area (Å²) in [4.78, 5) is 28.2. The number of carboxylic acids is 1. The van der Waals surface area contributed by atoms with Gasteiger partial charge in [-0.1, -0.05) is 18.2 Å². The first kappa shape index (κ1) is 11.3. The van der Waals surface area contributed by atoms with Crippen LogP contribution in [0.2, 0.25) is 0 Å². The maximum Gasteiger partial charge on any atom is 0.354 e. The van der Waals surface area contributed by atoms with Crippen LogP contribution < -0.4 is 0 Å². The summed E-state index contributed by atoms with van der Waals surface area (Å²) in [6, 6.07) is 4.44. The standard InChI is InChI=1S/C12H12N2O3/c15-11(14-7-2-1-3-8-14)9-5-4-6-10(13-9)12(16)17/h1-2,4-6H,3,7-8H2,(H,16,17). The van der Waals surface area contributed by atoms with E-state index in [0.717, 1.165) is 6.42 Å². The van der Waals surface area contributed by atoms with Crippen LogP contribution in [0, 0.1) is 0 Å². The van der Waals surface area contributed by atoms with Gasteiger partial charge in [0.15, 0.2) is 0 Å². The zero-order valence-electron chi connectivity index (χ0n) is 9.17. The van der Waals surface area contributed by atoms with E-state index in [1.165, 1.54) is 18.2 Å². The Hall–Kier alpha value is -2.17. The van der Waals surface area contributed by atoms with Gasteiger partial charge in [0, 0.05) is 13.1 Å². The van der Waals surface area contributed by atoms with E-state index in [9.17, 15) is 9.59 Å². The van der Waals surface area contributed by atoms with Crippen molar-refractivity contribution >= 4 is 11.9 Å². The van der Waals surface area contributed by atoms with Gasteiger partial charge in [0.05, 0.1) is 0 Å². The lowest BCUT2D eigenvalue weighted by atomic mass is 10.2. The minimum absolute atomic E-state index is 0.108. The van der Waals surface area contributed by atoms with Gasteiger partial charge in [0.2, 0.25) is 0 Å². The second-order valence-corrected chi connectivity index (χ2v) is 3.72. The van der Waals surface area contributed by atoms with Gasteiger partial charge < -0.3 is 10.0 Å². The summed E-state index contributed by atoms with van der Waals surface area (Å²) < 4.78 is 0. The fourth-order valence-corrected chi connectivity index (χ4v) is 1.66. The van der Waals surface area contributed by atoms with Crippen molar-refractivity contribution in [3.05, 3.63) is 41.7 Å². The van der Waals surface area contributed by atoms with Crippen LogP contribution in [0.25, 0.3) is 0 Å². The van der Waals surface area contributed by atoms with Gasteiger partial charge in [-0.25, -0.2) is 9.78 Å². The Labute approximate surface area is 98.4 Å². The first-order valence-electron chi connectivity index (χ1n) is 5.33. The predicted molar refractivity (Wildman–Crippen MR) is 60.9 cm³/mol. The fourth-order valence-electron chi connectivity index (χ4n) is 1.66. The Bertz CT molecular complexity index is 482. The molecule has 0 radical (unpaired) electrons. The first-order chi connectivity index (χ1) is 8.18. The second-order valence-electron chi connectivity index (χ2n) is 3.72. The summed E-state index contributed by atoms with van der Waals surface area (Å²) in [5.74, 6) is -1.35. The smallest absolute Gasteiger partial charge is 0.354 e. The summed E-state index contributed by atoms with van der Waals surface area (Å²) >= 11 is 0. The number of carboxylic acid groups (broad SMARTS) is 1. The Morgan fingerprint density at radius 1 is 1.24 bits per heavy atom. The van der Waals surface area contributed by atoms with Crippen molar-refractivity contribution in [2.45, 2.75) is 6.42 Å². The summed E-state index contributed by atoms with van der Waals surface area (Å²) in [6.07, 6.45) is 4.76. The third kappa shape index (κ3) is 2.50. The molecule has 1 aromatic rings. The molecule has 1 N–H and O–H groups in total. The maximum absolute atomic E-state index is 12.0. The highest BCUT2D eigenvalue weighted by molar-refractivity contribution is 5.94. The Morgan fingerprint density at radius 2 is 2.00 bits per heavy atom. The van der Waals surface area contributed by atoms with Crippen LogP contribution in [-0.4, -0.2) is 40.0 Å². The van der Waals surface area contributed by atoms with Gasteiger partial charge in [-0.15, -0.1) is 0 Å². The fraction of sp³-hybridized carbons (Fsp3) is 0.250. The zero-order valence-corrected chi connectivity index (χ0v) is 9.17. The van der Waals surface area contributed by atoms with Crippen molar-refractivity contribution in [1.82, 2.24) is 9.88 Å². The largest absolute Gasteiger partial charge is 0.477 e. The average molecular weight is 232 g/mol. The van der Waals surface area contributed by atoms with Gasteiger partial charge in [0.1, 0.15) is 11.4 Å². The lowest BCUT2D eigenvalue weighted by molar-refractivity contribution is 0.0690. The maximum atomic E-state index is 12.0. The Morgan fingerprint density at radius 3 is 2.65 bits per heavy atom. The minimum atomic E-state index is -1.13. The van der Waals surface area contributed by atoms with Gasteiger partial charge in [0.25, 0.3) is 5.91 Å². The van der Waals surface area contributed by atoms with Crippen LogP contribution in [-0.2, 0) is 0 Å². The van der Waals surface area contributed by atoms with E-state index in [1.807, 2.05) is 12.2 Å². The molecule has 0 saturated heterocycles. The molecule has 2 heterocycles. The van der Waals surface area contributed by atoms with E-state index in [0.29, 0.717) is 13.1 Å². The van der Waals surface area contributed by atoms with Gasteiger partial charge >= 0.3 is 5.97 Å². The van der Waals surface area contributed by atoms with E-state index in [2.05, 4.69) is 4.98 Å². The average Bonchev–Trinajstić information content (AvgIpc) is 2.39. The molecule has 0 saturated carbocycles. The third-order valence-corrected chi connectivity index (χ3v) is 2.53. The summed E-state index contributed by atoms with van der Waals surface area (Å²) in [6.45, 7) is 1.20. The third-order valence-electron chi connectivity index (χ3n) is 2.53. The molecule has 0 fully saturated rings. The molecular formula is C12H12N2O3. The summed E-state index contributed by atoms with van der Waals surface area (Å²) in [7, 11) is 0. The summed E-state index contributed by atoms with van der Waals surface area (Å²) in [5.41, 5.74) is 0.0728. The van der Waals surface area contributed by atoms with Crippen molar-refractivity contribution in [3.8, 4) is 0 Å². The molecule has 5 heteroatoms. The van der Waals surface area contributed by atoms with E-state index in [1.54, 1.807) is 4.90 Å². The highest BCUT2D eigenvalue weighted by atomic mass is 16.4. The lowest BCUT2D eigenvalue weighted by Crippen LogP contribution is -2.34. The molecule has 17 heavy (non-hydrogen) atoms. The number of amides is 1. The predicted octanol–water partition coefficient (Wildman–Crippen LogP) is 1.18. The lowest BCUT2D eigenvalue weighted by Gasteiger charge is -2.22. The van der Waals surface area contributed by atoms with Crippen molar-refractivity contribution < 1.29 is 14.7 Å². The van der Waals surface area contributed by atoms with Crippen molar-refractivity contribution in [1.29, 1.82) is 0 Å². The molecule has 1 aliphatic heterocycles. The molecule has 0 aliphatic carbocycles. The molecule has 0 aromatic carbocycles. The molecule has 0 bridgehead atoms. The molecule has 0 unspecified atom stereocenters. The van der Waals surface area contributed by atoms with Crippen molar-refractivity contribution in [3.63, 3.8) is 0 Å². The highest BCUT2D eigenvalue weighted by Gasteiger charge is 2.18. The SMILES string of the molecule is O=C(O)c1cccc(C(=O)N2CC=CCC2)n1. The molecule has 0 atom stereocenters. The molecule has 2 rings (SSSR count). The van der Waals surface area contributed by atoms with Gasteiger partial charge in [-0.3, -0.25) is 4.79 Å². The quantitative estimate of drug-likeness (QED) is 0.777. The number of nitrogens with zero attached hydrogens (tertiary/aromatic N) is 2. The van der Waals surface area contributed by atoms with Crippen LogP contribution in [0.3, 0.4) is 0 Å². The van der Waals surface area contributed by atoms with Gasteiger partial charge in [-0.2, -0.15) is 0 Å². The van der Waals surface area contributed by atoms with E-state index in [4.69, 9.17) is 5.11 Å². The molecule has 0 spiro atoms. The molecular weight excluding hydrogens is 220 g/mol. The number of hydrogen-bond acceptors (Lipinski definition) is 3. The number of hydrogen-bond donors (Lipinski definition) is 1. The molecule has 1 aliphatic rings. The first-order valence-corrected chi connectivity index (χ1v) is 5.33. The number of pyridine rings is 1. The van der Waals surface area contributed by atoms with Crippen LogP contribution in [0.15, 0.2) is 30.4 Å². The zero-order chi connectivity index (χ0) is 12.3. The molecule has 1 aromatic heterocycles. The van der Waals surface area contributed by atoms with E-state index < -0.39 is 5.97 Å². The van der Waals surface area contributed by atoms with Crippen molar-refractivity contribution in [2.75, 3.05) is 13.1 Å². The molecule has 5 nitrogen and oxygen atoms in total. The van der Waals surface area contributed by atoms with Crippen LogP contribution in [0.1, 0.15) is 27.4 Å². The number of aromatic nitrogens is 1. The van der Waals surface area contributed by atoms with E-state index in [-0.39, 0.29) is 17.3 Å². The Kier molecular flexibility index (Phi) is 3.18. The monoisotopic (exact) mass is 232 g/mol. The summed E-state index contributed by atoms with van der Waals surface area (Å²) in [5, 5.41) is 8.80. The van der Waals surface area contributed by atoms with Crippen molar-refractivity contribution in [2.24, 2.45) is 0 Å². The molecule has 1 amide bonds. The number of rotatable bonds is 2. The highest BCUT2D eigenvalue weighted by Crippen LogP contribution is 2.08. The Balaban J connectivity index is 2.21. The van der Waals surface area contributed by atoms with Crippen LogP contribution >= 0.6 is 0 Å². The molecule has 88 valence electrons. The number of carbonyl (C=O) groups is 2. The van der Waals surface area contributed by atoms with Crippen LogP contribution in [0.5, 0.6) is 0 Å². The normalized spacial score (nSPS) is 14.7. The van der Waals surface area contributed by atoms with E-state index >= 15 is 0 Å². The number of carbonyl (C=O) groups excluding carboxylic acids is 1. The second kappa shape index (κ2) is 4.78.